The maximum absolute atomic E-state index is 13.7. The fourth-order valence-corrected chi connectivity index (χ4v) is 8.62. The van der Waals surface area contributed by atoms with Crippen LogP contribution >= 0.6 is 0 Å². The smallest absolute Gasteiger partial charge is 0.433 e. The molecule has 4 aliphatic carbocycles. The molecule has 0 spiro atoms. The van der Waals surface area contributed by atoms with E-state index in [9.17, 15) is 31.2 Å². The minimum Gasteiger partial charge on any atom is -0.473 e. The largest absolute Gasteiger partial charge is 0.473 e. The van der Waals surface area contributed by atoms with Gasteiger partial charge in [0.1, 0.15) is 11.4 Å². The summed E-state index contributed by atoms with van der Waals surface area (Å²) in [7, 11) is -4.71. The molecule has 2 amide bonds. The van der Waals surface area contributed by atoms with Crippen molar-refractivity contribution in [3.05, 3.63) is 65.9 Å². The van der Waals surface area contributed by atoms with Gasteiger partial charge in [-0.25, -0.2) is 18.4 Å². The van der Waals surface area contributed by atoms with Crippen molar-refractivity contribution >= 4 is 27.5 Å². The molecule has 1 aromatic heterocycles. The van der Waals surface area contributed by atoms with Gasteiger partial charge in [-0.1, -0.05) is 17.7 Å². The van der Waals surface area contributed by atoms with Crippen LogP contribution in [0.15, 0.2) is 59.8 Å². The number of amides is 2. The highest BCUT2D eigenvalue weighted by Crippen LogP contribution is 2.61. The average molecular weight is 672 g/mol. The number of carbonyl (C=O) groups excluding carboxylic acids is 2. The van der Waals surface area contributed by atoms with Crippen LogP contribution in [0.4, 0.5) is 18.9 Å². The van der Waals surface area contributed by atoms with Gasteiger partial charge in [0.2, 0.25) is 11.8 Å². The van der Waals surface area contributed by atoms with Gasteiger partial charge < -0.3 is 15.4 Å². The quantitative estimate of drug-likeness (QED) is 0.182. The van der Waals surface area contributed by atoms with Gasteiger partial charge in [-0.2, -0.15) is 17.9 Å². The molecular weight excluding hydrogens is 635 g/mol. The SMILES string of the molecule is Cc1ccc(NC(=O)CNS(=O)(=O)c2nc(-c3ccc(OCNC(=O)CC45CC6CC(CC(C6)C4)C5)cc3)cc(C(F)(F)F)n2)cc1. The van der Waals surface area contributed by atoms with Crippen LogP contribution in [-0.2, 0) is 25.8 Å². The Morgan fingerprint density at radius 3 is 2.13 bits per heavy atom. The molecule has 4 saturated carbocycles. The molecule has 3 aromatic rings. The lowest BCUT2D eigenvalue weighted by Crippen LogP contribution is -2.48. The number of carbonyl (C=O) groups is 2. The Labute approximate surface area is 271 Å². The second-order valence-electron chi connectivity index (χ2n) is 13.2. The van der Waals surface area contributed by atoms with Gasteiger partial charge in [-0.05, 0) is 111 Å². The number of sulfonamides is 1. The monoisotopic (exact) mass is 671 g/mol. The number of nitrogens with one attached hydrogen (secondary N) is 3. The van der Waals surface area contributed by atoms with Crippen LogP contribution in [-0.4, -0.2) is 43.5 Å². The standard InChI is InChI=1S/C33H36F3N5O5S/c1-20-2-6-25(7-3-20)39-30(43)18-38-47(44,45)31-40-27(13-28(41-31)33(34,35)36)24-4-8-26(9-5-24)46-19-37-29(42)17-32-14-21-10-22(15-32)12-23(11-21)16-32/h2-9,13,21-23,38H,10-12,14-19H2,1H3,(H,37,42)(H,39,43). The van der Waals surface area contributed by atoms with E-state index in [0.717, 1.165) is 42.6 Å². The van der Waals surface area contributed by atoms with Crippen molar-refractivity contribution in [2.75, 3.05) is 18.6 Å². The number of hydrogen-bond donors (Lipinski definition) is 3. The van der Waals surface area contributed by atoms with Crippen molar-refractivity contribution in [2.24, 2.45) is 23.2 Å². The highest BCUT2D eigenvalue weighted by Gasteiger charge is 2.51. The summed E-state index contributed by atoms with van der Waals surface area (Å²) >= 11 is 0. The Morgan fingerprint density at radius 2 is 1.53 bits per heavy atom. The lowest BCUT2D eigenvalue weighted by molar-refractivity contribution is -0.141. The molecule has 4 bridgehead atoms. The molecule has 4 aliphatic rings. The van der Waals surface area contributed by atoms with Crippen molar-refractivity contribution in [1.29, 1.82) is 0 Å². The lowest BCUT2D eigenvalue weighted by atomic mass is 9.49. The number of benzene rings is 2. The third-order valence-electron chi connectivity index (χ3n) is 9.35. The summed E-state index contributed by atoms with van der Waals surface area (Å²) in [5, 5.41) is 4.19. The molecule has 0 atom stereocenters. The molecule has 14 heteroatoms. The van der Waals surface area contributed by atoms with Crippen LogP contribution in [0.5, 0.6) is 5.75 Å². The van der Waals surface area contributed by atoms with Gasteiger partial charge in [-0.3, -0.25) is 9.59 Å². The molecule has 4 fully saturated rings. The van der Waals surface area contributed by atoms with E-state index in [0.29, 0.717) is 23.9 Å². The normalized spacial score (nSPS) is 23.4. The van der Waals surface area contributed by atoms with Crippen LogP contribution < -0.4 is 20.1 Å². The Morgan fingerprint density at radius 1 is 0.915 bits per heavy atom. The molecular formula is C33H36F3N5O5S. The summed E-state index contributed by atoms with van der Waals surface area (Å²) in [6.07, 6.45) is 2.78. The number of halogens is 3. The van der Waals surface area contributed by atoms with E-state index in [1.165, 1.54) is 43.5 Å². The molecule has 3 N–H and O–H groups in total. The van der Waals surface area contributed by atoms with Crippen molar-refractivity contribution < 1.29 is 35.9 Å². The minimum absolute atomic E-state index is 0.0563. The zero-order chi connectivity index (χ0) is 33.4. The average Bonchev–Trinajstić information content (AvgIpc) is 3.00. The van der Waals surface area contributed by atoms with E-state index in [1.54, 1.807) is 24.3 Å². The van der Waals surface area contributed by atoms with E-state index in [4.69, 9.17) is 4.74 Å². The highest BCUT2D eigenvalue weighted by molar-refractivity contribution is 7.89. The summed E-state index contributed by atoms with van der Waals surface area (Å²) < 4.78 is 74.6. The maximum atomic E-state index is 13.7. The van der Waals surface area contributed by atoms with E-state index in [1.807, 2.05) is 11.6 Å². The van der Waals surface area contributed by atoms with Crippen LogP contribution in [0, 0.1) is 30.1 Å². The van der Waals surface area contributed by atoms with Gasteiger partial charge in [0.25, 0.3) is 15.2 Å². The highest BCUT2D eigenvalue weighted by atomic mass is 32.2. The molecule has 10 nitrogen and oxygen atoms in total. The number of anilines is 1. The number of rotatable bonds is 11. The number of aryl methyl sites for hydroxylation is 1. The third kappa shape index (κ3) is 7.92. The summed E-state index contributed by atoms with van der Waals surface area (Å²) in [6.45, 7) is 1.04. The molecule has 1 heterocycles. The number of alkyl halides is 3. The fourth-order valence-electron chi connectivity index (χ4n) is 7.74. The fraction of sp³-hybridized carbons (Fsp3) is 0.455. The Kier molecular flexibility index (Phi) is 9.00. The lowest BCUT2D eigenvalue weighted by Gasteiger charge is -2.56. The zero-order valence-corrected chi connectivity index (χ0v) is 26.6. The summed E-state index contributed by atoms with van der Waals surface area (Å²) in [5.74, 6) is 1.80. The molecule has 250 valence electrons. The van der Waals surface area contributed by atoms with Crippen LogP contribution in [0.25, 0.3) is 11.3 Å². The van der Waals surface area contributed by atoms with Crippen LogP contribution in [0.1, 0.15) is 56.2 Å². The molecule has 47 heavy (non-hydrogen) atoms. The van der Waals surface area contributed by atoms with Crippen LogP contribution in [0.2, 0.25) is 0 Å². The molecule has 0 saturated heterocycles. The Hall–Kier alpha value is -4.04. The first-order valence-electron chi connectivity index (χ1n) is 15.6. The van der Waals surface area contributed by atoms with E-state index < -0.39 is 39.5 Å². The predicted molar refractivity (Wildman–Crippen MR) is 166 cm³/mol. The maximum Gasteiger partial charge on any atom is 0.433 e. The van der Waals surface area contributed by atoms with E-state index in [-0.39, 0.29) is 29.3 Å². The van der Waals surface area contributed by atoms with Gasteiger partial charge in [0, 0.05) is 17.7 Å². The van der Waals surface area contributed by atoms with Crippen LogP contribution in [0.3, 0.4) is 0 Å². The molecule has 0 aliphatic heterocycles. The third-order valence-corrected chi connectivity index (χ3v) is 10.5. The second kappa shape index (κ2) is 12.9. The Bertz CT molecular complexity index is 1710. The van der Waals surface area contributed by atoms with Crippen molar-refractivity contribution in [3.63, 3.8) is 0 Å². The molecule has 7 rings (SSSR count). The number of aromatic nitrogens is 2. The summed E-state index contributed by atoms with van der Waals surface area (Å²) in [5.41, 5.74) is -0.117. The molecule has 2 aromatic carbocycles. The molecule has 0 radical (unpaired) electrons. The van der Waals surface area contributed by atoms with Crippen molar-refractivity contribution in [2.45, 2.75) is 63.2 Å². The van der Waals surface area contributed by atoms with E-state index >= 15 is 0 Å². The first kappa shape index (κ1) is 32.9. The summed E-state index contributed by atoms with van der Waals surface area (Å²) in [6, 6.07) is 13.2. The number of ether oxygens (including phenoxy) is 1. The predicted octanol–water partition coefficient (Wildman–Crippen LogP) is 5.45. The minimum atomic E-state index is -4.97. The number of nitrogens with zero attached hydrogens (tertiary/aromatic N) is 2. The summed E-state index contributed by atoms with van der Waals surface area (Å²) in [4.78, 5) is 32.2. The van der Waals surface area contributed by atoms with Gasteiger partial charge >= 0.3 is 6.18 Å². The van der Waals surface area contributed by atoms with Crippen molar-refractivity contribution in [3.8, 4) is 17.0 Å². The van der Waals surface area contributed by atoms with Gasteiger partial charge in [-0.15, -0.1) is 0 Å². The zero-order valence-electron chi connectivity index (χ0n) is 25.8. The molecule has 0 unspecified atom stereocenters. The second-order valence-corrected chi connectivity index (χ2v) is 14.8. The van der Waals surface area contributed by atoms with Gasteiger partial charge in [0.15, 0.2) is 6.73 Å². The van der Waals surface area contributed by atoms with E-state index in [2.05, 4.69) is 20.6 Å². The Balaban J connectivity index is 1.07. The number of hydrogen-bond acceptors (Lipinski definition) is 7. The first-order chi connectivity index (χ1) is 22.2. The van der Waals surface area contributed by atoms with Gasteiger partial charge in [0.05, 0.1) is 12.2 Å². The van der Waals surface area contributed by atoms with Crippen molar-refractivity contribution in [1.82, 2.24) is 20.0 Å². The topological polar surface area (TPSA) is 139 Å². The first-order valence-corrected chi connectivity index (χ1v) is 17.1.